The SMILES string of the molecule is COC(=O)NC1CCN(c2cccc(-c3ccc4nc(-c5cccnc5N)n(-c5ccc(C6(N)CCC6)cc5)c4n3)c2)CC1.COC(=O)NC1CCN(c2cccc(B3OC(C)(C)C(C)(C)O3)c2)CC1.Nc1ncccc1-c1nc2ccc(Cl)nc2n1-c1ccc(C2(N)CCC2)cc1. The Hall–Kier alpha value is -9.65. The molecule has 22 nitrogen and oxygen atoms in total. The lowest BCUT2D eigenvalue weighted by atomic mass is 9.73. The number of alkyl carbamates (subject to hydrolysis) is 2. The molecule has 10 N–H and O–H groups in total. The summed E-state index contributed by atoms with van der Waals surface area (Å²) in [5.74, 6) is 2.19. The van der Waals surface area contributed by atoms with Gasteiger partial charge in [-0.2, -0.15) is 0 Å². The third-order valence-corrected chi connectivity index (χ3v) is 20.5. The van der Waals surface area contributed by atoms with Crippen LogP contribution in [0.2, 0.25) is 5.15 Å². The van der Waals surface area contributed by atoms with Gasteiger partial charge in [0.15, 0.2) is 22.9 Å². The monoisotopic (exact) mass is 1340 g/mol. The van der Waals surface area contributed by atoms with E-state index < -0.39 is 0 Å². The van der Waals surface area contributed by atoms with E-state index in [1.165, 1.54) is 20.6 Å². The van der Waals surface area contributed by atoms with Gasteiger partial charge in [-0.3, -0.25) is 9.13 Å². The number of anilines is 4. The number of hydrogen-bond acceptors (Lipinski definition) is 18. The normalized spacial score (nSPS) is 17.7. The number of pyridine rings is 4. The van der Waals surface area contributed by atoms with Gasteiger partial charge >= 0.3 is 19.3 Å². The van der Waals surface area contributed by atoms with Gasteiger partial charge in [0.1, 0.15) is 27.8 Å². The van der Waals surface area contributed by atoms with Crippen LogP contribution in [0.4, 0.5) is 32.6 Å². The van der Waals surface area contributed by atoms with Crippen LogP contribution in [0.1, 0.15) is 103 Å². The van der Waals surface area contributed by atoms with Crippen molar-refractivity contribution in [2.24, 2.45) is 11.5 Å². The Morgan fingerprint density at radius 3 is 1.44 bits per heavy atom. The second-order valence-corrected chi connectivity index (χ2v) is 27.5. The molecule has 10 aromatic rings. The molecule has 0 spiro atoms. The van der Waals surface area contributed by atoms with Crippen LogP contribution in [0.15, 0.2) is 158 Å². The molecule has 5 aliphatic rings. The molecule has 15 rings (SSSR count). The van der Waals surface area contributed by atoms with Crippen LogP contribution >= 0.6 is 11.6 Å². The molecule has 0 atom stereocenters. The van der Waals surface area contributed by atoms with Crippen molar-refractivity contribution in [3.05, 3.63) is 174 Å². The average Bonchev–Trinajstić information content (AvgIpc) is 1.61. The molecule has 0 radical (unpaired) electrons. The molecule has 506 valence electrons. The number of nitrogen functional groups attached to an aromatic ring is 2. The fourth-order valence-electron chi connectivity index (χ4n) is 13.4. The van der Waals surface area contributed by atoms with Gasteiger partial charge in [-0.1, -0.05) is 60.1 Å². The van der Waals surface area contributed by atoms with Gasteiger partial charge < -0.3 is 62.2 Å². The number of aromatic nitrogens is 8. The average molecular weight is 1340 g/mol. The summed E-state index contributed by atoms with van der Waals surface area (Å²) < 4.78 is 25.8. The van der Waals surface area contributed by atoms with Crippen LogP contribution in [-0.2, 0) is 29.9 Å². The zero-order valence-electron chi connectivity index (χ0n) is 56.3. The molecule has 6 aromatic heterocycles. The highest BCUT2D eigenvalue weighted by Crippen LogP contribution is 2.42. The van der Waals surface area contributed by atoms with Crippen LogP contribution in [0.25, 0.3) is 67.7 Å². The number of carbonyl (C=O) groups is 2. The molecule has 9 heterocycles. The zero-order valence-corrected chi connectivity index (χ0v) is 57.0. The molecule has 24 heteroatoms. The Labute approximate surface area is 576 Å². The minimum Gasteiger partial charge on any atom is -0.453 e. The largest absolute Gasteiger partial charge is 0.494 e. The number of amides is 2. The lowest BCUT2D eigenvalue weighted by molar-refractivity contribution is 0.00578. The van der Waals surface area contributed by atoms with Crippen molar-refractivity contribution in [3.8, 4) is 45.4 Å². The molecule has 5 fully saturated rings. The van der Waals surface area contributed by atoms with E-state index in [9.17, 15) is 9.59 Å². The van der Waals surface area contributed by atoms with E-state index in [-0.39, 0.29) is 53.7 Å². The minimum atomic E-state index is -0.377. The molecular weight excluding hydrogens is 1260 g/mol. The topological polar surface area (TPSA) is 293 Å². The summed E-state index contributed by atoms with van der Waals surface area (Å²) in [6, 6.07) is 48.9. The van der Waals surface area contributed by atoms with Crippen LogP contribution in [0.3, 0.4) is 0 Å². The van der Waals surface area contributed by atoms with Crippen molar-refractivity contribution in [3.63, 3.8) is 0 Å². The van der Waals surface area contributed by atoms with Gasteiger partial charge in [0.2, 0.25) is 0 Å². The highest BCUT2D eigenvalue weighted by atomic mass is 35.5. The first-order valence-electron chi connectivity index (χ1n) is 33.6. The second kappa shape index (κ2) is 27.7. The minimum absolute atomic E-state index is 0.118. The molecule has 98 heavy (non-hydrogen) atoms. The summed E-state index contributed by atoms with van der Waals surface area (Å²) in [5.41, 5.74) is 38.2. The van der Waals surface area contributed by atoms with Gasteiger partial charge in [-0.25, -0.2) is 39.5 Å². The van der Waals surface area contributed by atoms with Crippen molar-refractivity contribution in [2.75, 3.05) is 61.7 Å². The van der Waals surface area contributed by atoms with Crippen LogP contribution in [0, 0.1) is 0 Å². The number of hydrogen-bond donors (Lipinski definition) is 6. The van der Waals surface area contributed by atoms with Gasteiger partial charge in [0.05, 0.1) is 42.2 Å². The first-order chi connectivity index (χ1) is 47.2. The van der Waals surface area contributed by atoms with Gasteiger partial charge in [0, 0.05) is 90.0 Å². The number of imidazole rings is 2. The lowest BCUT2D eigenvalue weighted by Crippen LogP contribution is -2.45. The summed E-state index contributed by atoms with van der Waals surface area (Å²) in [6.45, 7) is 11.7. The van der Waals surface area contributed by atoms with E-state index >= 15 is 0 Å². The highest BCUT2D eigenvalue weighted by Gasteiger charge is 2.52. The van der Waals surface area contributed by atoms with E-state index in [0.29, 0.717) is 34.1 Å². The molecule has 3 saturated heterocycles. The van der Waals surface area contributed by atoms with Crippen LogP contribution < -0.4 is 48.8 Å². The number of ether oxygens (including phenoxy) is 2. The third kappa shape index (κ3) is 13.8. The molecule has 0 bridgehead atoms. The van der Waals surface area contributed by atoms with Gasteiger partial charge in [-0.05, 0) is 206 Å². The number of methoxy groups -OCH3 is 2. The van der Waals surface area contributed by atoms with E-state index in [1.807, 2.05) is 59.2 Å². The maximum atomic E-state index is 11.6. The standard InChI is InChI=1S/C34H36N8O2.C21H19ClN6.C19H29BN2O4/c1-44-33(43)38-24-14-19-41(20-15-24)26-6-2-5-22(21-26)28-12-13-29-32(39-28)42(31(40-29)27-7-3-18-37-30(27)35)25-10-8-23(9-11-25)34(36)16-4-17-34;22-17-9-8-16-20(27-17)28(19(26-16)15-3-1-12-25-18(15)23)14-6-4-13(5-7-14)21(24)10-2-11-21;1-18(2)19(3,4)26-20(25-18)14-7-6-8-16(13-14)22-11-9-15(10-12-22)21-17(23)24-5/h2-3,5-13,18,21,24H,4,14-17,19-20,36H2,1H3,(H2,35,37)(H,38,43);1,3-9,12H,2,10-11,24H2,(H2,23,25);6-8,13,15H,9-12H2,1-5H3,(H,21,23). The summed E-state index contributed by atoms with van der Waals surface area (Å²) in [7, 11) is 2.44. The number of rotatable bonds is 12. The number of benzene rings is 4. The molecule has 2 saturated carbocycles. The number of halogens is 1. The van der Waals surface area contributed by atoms with Gasteiger partial charge in [-0.15, -0.1) is 0 Å². The number of fused-ring (bicyclic) bond motifs is 2. The highest BCUT2D eigenvalue weighted by molar-refractivity contribution is 6.62. The predicted molar refractivity (Wildman–Crippen MR) is 387 cm³/mol. The van der Waals surface area contributed by atoms with Crippen molar-refractivity contribution in [1.82, 2.24) is 49.7 Å². The molecule has 4 aromatic carbocycles. The van der Waals surface area contributed by atoms with E-state index in [2.05, 4.69) is 157 Å². The van der Waals surface area contributed by atoms with E-state index in [4.69, 9.17) is 63.5 Å². The summed E-state index contributed by atoms with van der Waals surface area (Å²) in [5, 5.41) is 6.22. The number of piperidine rings is 2. The van der Waals surface area contributed by atoms with E-state index in [0.717, 1.165) is 162 Å². The summed E-state index contributed by atoms with van der Waals surface area (Å²) in [6.07, 6.45) is 12.5. The Morgan fingerprint density at radius 2 is 0.990 bits per heavy atom. The van der Waals surface area contributed by atoms with Crippen LogP contribution in [-0.4, -0.2) is 122 Å². The summed E-state index contributed by atoms with van der Waals surface area (Å²) in [4.78, 5) is 55.6. The van der Waals surface area contributed by atoms with Gasteiger partial charge in [0.25, 0.3) is 0 Å². The van der Waals surface area contributed by atoms with Crippen molar-refractivity contribution >= 4 is 81.7 Å². The van der Waals surface area contributed by atoms with Crippen molar-refractivity contribution in [2.45, 2.75) is 126 Å². The Balaban J connectivity index is 0.000000139. The zero-order chi connectivity index (χ0) is 68.5. The number of nitrogens with two attached hydrogens (primary N) is 4. The quantitative estimate of drug-likeness (QED) is 0.0489. The maximum absolute atomic E-state index is 11.6. The third-order valence-electron chi connectivity index (χ3n) is 20.3. The summed E-state index contributed by atoms with van der Waals surface area (Å²) >= 11 is 6.17. The molecular formula is C74H84BClN16O6. The smallest absolute Gasteiger partial charge is 0.453 e. The van der Waals surface area contributed by atoms with Crippen LogP contribution in [0.5, 0.6) is 0 Å². The first kappa shape index (κ1) is 66.9. The fraction of sp³-hybridized carbons (Fsp3) is 0.351. The first-order valence-corrected chi connectivity index (χ1v) is 34.0. The Bertz CT molecular complexity index is 4510. The fourth-order valence-corrected chi connectivity index (χ4v) is 13.6. The maximum Gasteiger partial charge on any atom is 0.494 e. The second-order valence-electron chi connectivity index (χ2n) is 27.1. The van der Waals surface area contributed by atoms with Crippen molar-refractivity contribution < 1.29 is 28.4 Å². The lowest BCUT2D eigenvalue weighted by Gasteiger charge is -2.38. The molecule has 0 unspecified atom stereocenters. The predicted octanol–water partition coefficient (Wildman–Crippen LogP) is 11.8. The Morgan fingerprint density at radius 1 is 0.541 bits per heavy atom. The van der Waals surface area contributed by atoms with E-state index in [1.54, 1.807) is 18.5 Å². The molecule has 2 amide bonds. The number of nitrogens with one attached hydrogen (secondary N) is 2. The molecule has 2 aliphatic carbocycles. The van der Waals surface area contributed by atoms with Crippen molar-refractivity contribution in [1.29, 1.82) is 0 Å². The molecule has 3 aliphatic heterocycles. The number of carbonyl (C=O) groups excluding carboxylic acids is 2. The Kier molecular flexibility index (Phi) is 18.9. The number of nitrogens with zero attached hydrogens (tertiary/aromatic N) is 10.